The Labute approximate surface area is 78.3 Å². The average Bonchev–Trinajstić information content (AvgIpc) is 2.29. The van der Waals surface area contributed by atoms with E-state index >= 15 is 0 Å². The van der Waals surface area contributed by atoms with Crippen LogP contribution in [0.4, 0.5) is 13.2 Å². The van der Waals surface area contributed by atoms with Crippen LogP contribution in [0.1, 0.15) is 12.1 Å². The van der Waals surface area contributed by atoms with Gasteiger partial charge in [-0.2, -0.15) is 18.3 Å². The first-order valence-electron chi connectivity index (χ1n) is 3.65. The predicted molar refractivity (Wildman–Crippen MR) is 42.6 cm³/mol. The Morgan fingerprint density at radius 1 is 1.54 bits per heavy atom. The second kappa shape index (κ2) is 3.57. The minimum Gasteiger partial charge on any atom is -0.268 e. The van der Waals surface area contributed by atoms with Gasteiger partial charge in [-0.3, -0.25) is 4.68 Å². The number of hydrogen-bond donors (Lipinski definition) is 0. The summed E-state index contributed by atoms with van der Waals surface area (Å²) in [6.07, 6.45) is -3.69. The van der Waals surface area contributed by atoms with E-state index in [1.165, 1.54) is 10.9 Å². The molecule has 0 unspecified atom stereocenters. The fourth-order valence-electron chi connectivity index (χ4n) is 0.882. The van der Waals surface area contributed by atoms with Crippen LogP contribution in [0.5, 0.6) is 0 Å². The van der Waals surface area contributed by atoms with Crippen LogP contribution in [0.15, 0.2) is 6.20 Å². The van der Waals surface area contributed by atoms with Gasteiger partial charge in [-0.15, -0.1) is 0 Å². The first-order valence-corrected chi connectivity index (χ1v) is 4.02. The van der Waals surface area contributed by atoms with Gasteiger partial charge in [-0.05, 0) is 6.92 Å². The molecule has 0 amide bonds. The summed E-state index contributed by atoms with van der Waals surface area (Å²) in [5.74, 6) is 0. The number of nitrogens with zero attached hydrogens (tertiary/aromatic N) is 2. The smallest absolute Gasteiger partial charge is 0.268 e. The highest BCUT2D eigenvalue weighted by atomic mass is 35.5. The highest BCUT2D eigenvalue weighted by molar-refractivity contribution is 6.31. The largest absolute Gasteiger partial charge is 0.390 e. The molecule has 74 valence electrons. The highest BCUT2D eigenvalue weighted by Gasteiger charge is 2.27. The van der Waals surface area contributed by atoms with Crippen molar-refractivity contribution >= 4 is 11.6 Å². The van der Waals surface area contributed by atoms with Crippen molar-refractivity contribution in [3.8, 4) is 0 Å². The average molecular weight is 213 g/mol. The summed E-state index contributed by atoms with van der Waals surface area (Å²) in [6, 6.07) is 0. The lowest BCUT2D eigenvalue weighted by Crippen LogP contribution is -2.13. The summed E-state index contributed by atoms with van der Waals surface area (Å²) in [5, 5.41) is 4.09. The molecule has 2 nitrogen and oxygen atoms in total. The first-order chi connectivity index (χ1) is 5.90. The molecule has 1 aromatic rings. The zero-order chi connectivity index (χ0) is 10.1. The van der Waals surface area contributed by atoms with E-state index in [9.17, 15) is 13.2 Å². The lowest BCUT2D eigenvalue weighted by molar-refractivity contribution is -0.137. The number of aromatic nitrogens is 2. The van der Waals surface area contributed by atoms with Gasteiger partial charge in [0.25, 0.3) is 0 Å². The summed E-state index contributed by atoms with van der Waals surface area (Å²) < 4.78 is 36.7. The SMILES string of the molecule is Cc1c(Cl)cnn1CCC(F)(F)F. The maximum atomic E-state index is 11.8. The Balaban J connectivity index is 2.60. The number of hydrogen-bond acceptors (Lipinski definition) is 1. The molecule has 0 aliphatic rings. The summed E-state index contributed by atoms with van der Waals surface area (Å²) in [6.45, 7) is 1.45. The topological polar surface area (TPSA) is 17.8 Å². The maximum absolute atomic E-state index is 11.8. The molecule has 0 radical (unpaired) electrons. The molecule has 0 saturated carbocycles. The lowest BCUT2D eigenvalue weighted by Gasteiger charge is -2.07. The molecular weight excluding hydrogens is 205 g/mol. The van der Waals surface area contributed by atoms with Gasteiger partial charge >= 0.3 is 6.18 Å². The number of alkyl halides is 3. The normalized spacial score (nSPS) is 12.1. The van der Waals surface area contributed by atoms with Crippen LogP contribution >= 0.6 is 11.6 Å². The van der Waals surface area contributed by atoms with E-state index in [-0.39, 0.29) is 6.54 Å². The van der Waals surface area contributed by atoms with Gasteiger partial charge in [-0.25, -0.2) is 0 Å². The maximum Gasteiger partial charge on any atom is 0.390 e. The molecule has 0 aromatic carbocycles. The Morgan fingerprint density at radius 2 is 2.15 bits per heavy atom. The molecule has 1 rings (SSSR count). The van der Waals surface area contributed by atoms with Crippen LogP contribution in [0, 0.1) is 6.92 Å². The van der Waals surface area contributed by atoms with Crippen LogP contribution in [-0.4, -0.2) is 16.0 Å². The molecule has 0 bridgehead atoms. The summed E-state index contributed by atoms with van der Waals surface area (Å²) in [4.78, 5) is 0. The van der Waals surface area contributed by atoms with E-state index < -0.39 is 12.6 Å². The molecule has 1 heterocycles. The van der Waals surface area contributed by atoms with E-state index in [2.05, 4.69) is 5.10 Å². The van der Waals surface area contributed by atoms with Crippen molar-refractivity contribution in [3.63, 3.8) is 0 Å². The number of aryl methyl sites for hydroxylation is 1. The monoisotopic (exact) mass is 212 g/mol. The fraction of sp³-hybridized carbons (Fsp3) is 0.571. The zero-order valence-corrected chi connectivity index (χ0v) is 7.65. The predicted octanol–water partition coefficient (Wildman–Crippen LogP) is 2.80. The molecule has 0 atom stereocenters. The Bertz CT molecular complexity index is 292. The molecule has 6 heteroatoms. The molecule has 0 N–H and O–H groups in total. The van der Waals surface area contributed by atoms with E-state index in [0.717, 1.165) is 0 Å². The Hall–Kier alpha value is -0.710. The van der Waals surface area contributed by atoms with Crippen molar-refractivity contribution in [2.24, 2.45) is 0 Å². The van der Waals surface area contributed by atoms with E-state index in [1.54, 1.807) is 6.92 Å². The van der Waals surface area contributed by atoms with Gasteiger partial charge in [0.1, 0.15) is 0 Å². The number of rotatable bonds is 2. The van der Waals surface area contributed by atoms with Gasteiger partial charge in [0.15, 0.2) is 0 Å². The van der Waals surface area contributed by atoms with Crippen LogP contribution in [-0.2, 0) is 6.54 Å². The van der Waals surface area contributed by atoms with Gasteiger partial charge in [0.05, 0.1) is 23.3 Å². The van der Waals surface area contributed by atoms with Crippen molar-refractivity contribution in [2.75, 3.05) is 0 Å². The van der Waals surface area contributed by atoms with Crippen molar-refractivity contribution in [2.45, 2.75) is 26.1 Å². The third-order valence-corrected chi connectivity index (χ3v) is 2.02. The number of halogens is 4. The van der Waals surface area contributed by atoms with Crippen LogP contribution in [0.25, 0.3) is 0 Å². The van der Waals surface area contributed by atoms with Gasteiger partial charge in [-0.1, -0.05) is 11.6 Å². The molecular formula is C7H8ClF3N2. The third kappa shape index (κ3) is 2.91. The van der Waals surface area contributed by atoms with E-state index in [0.29, 0.717) is 10.7 Å². The van der Waals surface area contributed by atoms with Crippen LogP contribution in [0.2, 0.25) is 5.02 Å². The van der Waals surface area contributed by atoms with E-state index in [1.807, 2.05) is 0 Å². The molecule has 0 aliphatic carbocycles. The van der Waals surface area contributed by atoms with Gasteiger partial charge < -0.3 is 0 Å². The fourth-order valence-corrected chi connectivity index (χ4v) is 1.02. The molecule has 0 spiro atoms. The molecule has 13 heavy (non-hydrogen) atoms. The molecule has 0 saturated heterocycles. The van der Waals surface area contributed by atoms with Crippen LogP contribution < -0.4 is 0 Å². The summed E-state index contributed by atoms with van der Waals surface area (Å²) in [7, 11) is 0. The lowest BCUT2D eigenvalue weighted by atomic mass is 10.4. The quantitative estimate of drug-likeness (QED) is 0.737. The standard InChI is InChI=1S/C7H8ClF3N2/c1-5-6(8)4-12-13(5)3-2-7(9,10)11/h4H,2-3H2,1H3. The summed E-state index contributed by atoms with van der Waals surface area (Å²) >= 11 is 5.61. The molecule has 0 aliphatic heterocycles. The summed E-state index contributed by atoms with van der Waals surface area (Å²) in [5.41, 5.74) is 0.561. The van der Waals surface area contributed by atoms with Gasteiger partial charge in [0.2, 0.25) is 0 Å². The minimum atomic E-state index is -4.15. The Morgan fingerprint density at radius 3 is 2.54 bits per heavy atom. The third-order valence-electron chi connectivity index (χ3n) is 1.65. The molecule has 0 fully saturated rings. The van der Waals surface area contributed by atoms with Crippen LogP contribution in [0.3, 0.4) is 0 Å². The minimum absolute atomic E-state index is 0.179. The van der Waals surface area contributed by atoms with Crippen molar-refractivity contribution < 1.29 is 13.2 Å². The van der Waals surface area contributed by atoms with Crippen molar-refractivity contribution in [3.05, 3.63) is 16.9 Å². The Kier molecular flexibility index (Phi) is 2.85. The first kappa shape index (κ1) is 10.4. The second-order valence-corrected chi connectivity index (χ2v) is 3.07. The van der Waals surface area contributed by atoms with E-state index in [4.69, 9.17) is 11.6 Å². The zero-order valence-electron chi connectivity index (χ0n) is 6.90. The second-order valence-electron chi connectivity index (χ2n) is 2.67. The molecule has 1 aromatic heterocycles. The highest BCUT2D eigenvalue weighted by Crippen LogP contribution is 2.21. The van der Waals surface area contributed by atoms with Crippen molar-refractivity contribution in [1.82, 2.24) is 9.78 Å². The van der Waals surface area contributed by atoms with Crippen molar-refractivity contribution in [1.29, 1.82) is 0 Å². The van der Waals surface area contributed by atoms with Gasteiger partial charge in [0, 0.05) is 6.54 Å².